The van der Waals surface area contributed by atoms with Gasteiger partial charge in [-0.3, -0.25) is 4.79 Å². The fraction of sp³-hybridized carbons (Fsp3) is 0.500. The molecule has 2 N–H and O–H groups in total. The molecule has 1 atom stereocenters. The summed E-state index contributed by atoms with van der Waals surface area (Å²) >= 11 is 0. The van der Waals surface area contributed by atoms with Gasteiger partial charge in [-0.15, -0.1) is 12.4 Å². The van der Waals surface area contributed by atoms with E-state index in [1.165, 1.54) is 6.07 Å². The van der Waals surface area contributed by atoms with Crippen molar-refractivity contribution in [2.75, 3.05) is 33.4 Å². The second kappa shape index (κ2) is 11.2. The number of hydrogen-bond donors (Lipinski definition) is 2. The molecule has 0 bridgehead atoms. The summed E-state index contributed by atoms with van der Waals surface area (Å²) in [6, 6.07) is 2.77. The maximum Gasteiger partial charge on any atom is 0.234 e. The Labute approximate surface area is 134 Å². The first-order chi connectivity index (χ1) is 10.0. The van der Waals surface area contributed by atoms with Crippen LogP contribution in [0, 0.1) is 11.6 Å². The molecule has 1 amide bonds. The number of ether oxygens (including phenoxy) is 2. The third kappa shape index (κ3) is 8.11. The van der Waals surface area contributed by atoms with Gasteiger partial charge in [-0.1, -0.05) is 0 Å². The molecule has 8 heteroatoms. The molecule has 0 aliphatic carbocycles. The molecule has 0 spiro atoms. The summed E-state index contributed by atoms with van der Waals surface area (Å²) in [6.45, 7) is 3.09. The Morgan fingerprint density at radius 1 is 1.36 bits per heavy atom. The monoisotopic (exact) mass is 338 g/mol. The number of carbonyl (C=O) groups is 1. The van der Waals surface area contributed by atoms with E-state index in [4.69, 9.17) is 9.47 Å². The van der Waals surface area contributed by atoms with Crippen molar-refractivity contribution in [2.24, 2.45) is 0 Å². The molecule has 0 saturated carbocycles. The molecule has 1 aromatic rings. The number of amides is 1. The van der Waals surface area contributed by atoms with Crippen LogP contribution < -0.4 is 15.4 Å². The van der Waals surface area contributed by atoms with Gasteiger partial charge >= 0.3 is 0 Å². The number of halogens is 3. The minimum atomic E-state index is -0.769. The molecule has 1 rings (SSSR count). The number of benzene rings is 1. The van der Waals surface area contributed by atoms with E-state index < -0.39 is 11.6 Å². The topological polar surface area (TPSA) is 59.6 Å². The van der Waals surface area contributed by atoms with Gasteiger partial charge in [-0.05, 0) is 19.1 Å². The zero-order chi connectivity index (χ0) is 15.7. The van der Waals surface area contributed by atoms with Gasteiger partial charge in [0, 0.05) is 19.7 Å². The van der Waals surface area contributed by atoms with Crippen molar-refractivity contribution in [3.63, 3.8) is 0 Å². The first-order valence-corrected chi connectivity index (χ1v) is 6.59. The van der Waals surface area contributed by atoms with E-state index in [1.54, 1.807) is 14.0 Å². The van der Waals surface area contributed by atoms with Crippen molar-refractivity contribution in [2.45, 2.75) is 13.0 Å². The Kier molecular flexibility index (Phi) is 10.4. The summed E-state index contributed by atoms with van der Waals surface area (Å²) < 4.78 is 36.1. The van der Waals surface area contributed by atoms with Crippen LogP contribution in [0.5, 0.6) is 5.75 Å². The van der Waals surface area contributed by atoms with Crippen LogP contribution in [0.25, 0.3) is 0 Å². The highest BCUT2D eigenvalue weighted by molar-refractivity contribution is 5.85. The Balaban J connectivity index is 0.00000441. The van der Waals surface area contributed by atoms with Gasteiger partial charge in [-0.2, -0.15) is 0 Å². The predicted molar refractivity (Wildman–Crippen MR) is 81.5 cm³/mol. The molecular formula is C14H21ClF2N2O3. The molecule has 0 fully saturated rings. The molecule has 0 saturated heterocycles. The summed E-state index contributed by atoms with van der Waals surface area (Å²) in [4.78, 5) is 11.5. The number of methoxy groups -OCH3 is 1. The third-order valence-electron chi connectivity index (χ3n) is 2.56. The Bertz CT molecular complexity index is 464. The third-order valence-corrected chi connectivity index (χ3v) is 2.56. The van der Waals surface area contributed by atoms with Crippen LogP contribution in [0.4, 0.5) is 8.78 Å². The second-order valence-electron chi connectivity index (χ2n) is 4.52. The van der Waals surface area contributed by atoms with Gasteiger partial charge in [0.05, 0.1) is 19.2 Å². The molecule has 22 heavy (non-hydrogen) atoms. The van der Waals surface area contributed by atoms with Crippen LogP contribution in [0.2, 0.25) is 0 Å². The van der Waals surface area contributed by atoms with Crippen molar-refractivity contribution in [3.05, 3.63) is 29.8 Å². The van der Waals surface area contributed by atoms with E-state index >= 15 is 0 Å². The number of carbonyl (C=O) groups excluding carboxylic acids is 1. The second-order valence-corrected chi connectivity index (χ2v) is 4.52. The molecule has 0 heterocycles. The van der Waals surface area contributed by atoms with Crippen molar-refractivity contribution in [3.8, 4) is 5.75 Å². The molecule has 0 radical (unpaired) electrons. The quantitative estimate of drug-likeness (QED) is 0.670. The summed E-state index contributed by atoms with van der Waals surface area (Å²) in [5.74, 6) is -1.67. The van der Waals surface area contributed by atoms with Crippen molar-refractivity contribution < 1.29 is 23.0 Å². The summed E-state index contributed by atoms with van der Waals surface area (Å²) in [5.41, 5.74) is 0. The Morgan fingerprint density at radius 2 is 2.09 bits per heavy atom. The lowest BCUT2D eigenvalue weighted by atomic mass is 10.3. The van der Waals surface area contributed by atoms with Gasteiger partial charge < -0.3 is 20.1 Å². The summed E-state index contributed by atoms with van der Waals surface area (Å²) in [6.07, 6.45) is 0. The minimum absolute atomic E-state index is 0. The van der Waals surface area contributed by atoms with Crippen molar-refractivity contribution in [1.29, 1.82) is 0 Å². The van der Waals surface area contributed by atoms with Gasteiger partial charge in [0.1, 0.15) is 12.4 Å². The Hall–Kier alpha value is -1.44. The normalized spacial score (nSPS) is 11.5. The first kappa shape index (κ1) is 20.6. The first-order valence-electron chi connectivity index (χ1n) is 6.59. The van der Waals surface area contributed by atoms with E-state index in [2.05, 4.69) is 10.6 Å². The molecule has 0 aromatic heterocycles. The number of nitrogens with one attached hydrogen (secondary N) is 2. The van der Waals surface area contributed by atoms with Crippen LogP contribution in [0.3, 0.4) is 0 Å². The fourth-order valence-electron chi connectivity index (χ4n) is 1.55. The maximum absolute atomic E-state index is 13.3. The van der Waals surface area contributed by atoms with E-state index in [1.807, 2.05) is 0 Å². The highest BCUT2D eigenvalue weighted by atomic mass is 35.5. The molecule has 0 aliphatic heterocycles. The summed E-state index contributed by atoms with van der Waals surface area (Å²) in [5, 5.41) is 5.60. The van der Waals surface area contributed by atoms with Crippen LogP contribution in [-0.2, 0) is 9.53 Å². The molecule has 1 aromatic carbocycles. The SMILES string of the molecule is COCCNCC(=O)NC(C)COc1ccc(F)cc1F.Cl. The van der Waals surface area contributed by atoms with Crippen LogP contribution in [-0.4, -0.2) is 45.4 Å². The fourth-order valence-corrected chi connectivity index (χ4v) is 1.55. The van der Waals surface area contributed by atoms with Gasteiger partial charge in [-0.25, -0.2) is 8.78 Å². The maximum atomic E-state index is 13.3. The lowest BCUT2D eigenvalue weighted by Gasteiger charge is -2.15. The van der Waals surface area contributed by atoms with Gasteiger partial charge in [0.2, 0.25) is 5.91 Å². The molecule has 1 unspecified atom stereocenters. The van der Waals surface area contributed by atoms with Gasteiger partial charge in [0.15, 0.2) is 11.6 Å². The highest BCUT2D eigenvalue weighted by Crippen LogP contribution is 2.17. The number of rotatable bonds is 9. The standard InChI is InChI=1S/C14H20F2N2O3.ClH/c1-10(18-14(19)8-17-5-6-20-2)9-21-13-4-3-11(15)7-12(13)16;/h3-4,7,10,17H,5-6,8-9H2,1-2H3,(H,18,19);1H. The van der Waals surface area contributed by atoms with Crippen LogP contribution in [0.15, 0.2) is 18.2 Å². The van der Waals surface area contributed by atoms with Crippen molar-refractivity contribution in [1.82, 2.24) is 10.6 Å². The molecular weight excluding hydrogens is 318 g/mol. The molecule has 126 valence electrons. The smallest absolute Gasteiger partial charge is 0.234 e. The number of hydrogen-bond acceptors (Lipinski definition) is 4. The van der Waals surface area contributed by atoms with E-state index in [9.17, 15) is 13.6 Å². The van der Waals surface area contributed by atoms with E-state index in [0.29, 0.717) is 13.2 Å². The average Bonchev–Trinajstić information content (AvgIpc) is 2.42. The van der Waals surface area contributed by atoms with Crippen molar-refractivity contribution >= 4 is 18.3 Å². The van der Waals surface area contributed by atoms with E-state index in [-0.39, 0.29) is 43.3 Å². The predicted octanol–water partition coefficient (Wildman–Crippen LogP) is 1.51. The molecule has 0 aliphatic rings. The lowest BCUT2D eigenvalue weighted by molar-refractivity contribution is -0.121. The van der Waals surface area contributed by atoms with Gasteiger partial charge in [0.25, 0.3) is 0 Å². The zero-order valence-corrected chi connectivity index (χ0v) is 13.3. The largest absolute Gasteiger partial charge is 0.488 e. The Morgan fingerprint density at radius 3 is 2.73 bits per heavy atom. The lowest BCUT2D eigenvalue weighted by Crippen LogP contribution is -2.42. The molecule has 5 nitrogen and oxygen atoms in total. The minimum Gasteiger partial charge on any atom is -0.488 e. The van der Waals surface area contributed by atoms with E-state index in [0.717, 1.165) is 12.1 Å². The average molecular weight is 339 g/mol. The van der Waals surface area contributed by atoms with Crippen LogP contribution >= 0.6 is 12.4 Å². The highest BCUT2D eigenvalue weighted by Gasteiger charge is 2.10. The zero-order valence-electron chi connectivity index (χ0n) is 12.5. The summed E-state index contributed by atoms with van der Waals surface area (Å²) in [7, 11) is 1.58. The van der Waals surface area contributed by atoms with Crippen LogP contribution in [0.1, 0.15) is 6.92 Å².